The van der Waals surface area contributed by atoms with E-state index < -0.39 is 18.0 Å². The van der Waals surface area contributed by atoms with Crippen LogP contribution >= 0.6 is 0 Å². The third-order valence-corrected chi connectivity index (χ3v) is 6.09. The Bertz CT molecular complexity index is 1090. The fraction of sp³-hybridized carbons (Fsp3) is 0.200. The van der Waals surface area contributed by atoms with Gasteiger partial charge in [0, 0.05) is 19.0 Å². The lowest BCUT2D eigenvalue weighted by molar-refractivity contribution is -0.139. The van der Waals surface area contributed by atoms with Crippen LogP contribution in [0.25, 0.3) is 11.1 Å². The third-order valence-electron chi connectivity index (χ3n) is 6.09. The average Bonchev–Trinajstić information content (AvgIpc) is 3.10. The number of amides is 1. The number of carboxylic acids is 1. The van der Waals surface area contributed by atoms with E-state index in [0.29, 0.717) is 6.54 Å². The molecule has 0 unspecified atom stereocenters. The number of hydrogen-bond acceptors (Lipinski definition) is 3. The van der Waals surface area contributed by atoms with E-state index in [1.807, 2.05) is 48.5 Å². The zero-order valence-electron chi connectivity index (χ0n) is 16.3. The molecule has 3 aromatic carbocycles. The highest BCUT2D eigenvalue weighted by Gasteiger charge is 2.34. The minimum absolute atomic E-state index is 0.0197. The number of ether oxygens (including phenoxy) is 1. The van der Waals surface area contributed by atoms with Crippen molar-refractivity contribution in [2.75, 3.05) is 13.2 Å². The number of carboxylic acid groups (broad SMARTS) is 1. The Morgan fingerprint density at radius 1 is 0.867 bits per heavy atom. The normalized spacial score (nSPS) is 17.1. The van der Waals surface area contributed by atoms with Crippen molar-refractivity contribution in [3.05, 3.63) is 95.1 Å². The second-order valence-corrected chi connectivity index (χ2v) is 7.77. The summed E-state index contributed by atoms with van der Waals surface area (Å²) in [5.41, 5.74) is 6.27. The molecule has 30 heavy (non-hydrogen) atoms. The van der Waals surface area contributed by atoms with Gasteiger partial charge in [0.25, 0.3) is 0 Å². The average molecular weight is 399 g/mol. The monoisotopic (exact) mass is 399 g/mol. The van der Waals surface area contributed by atoms with Gasteiger partial charge in [-0.25, -0.2) is 4.79 Å². The van der Waals surface area contributed by atoms with Gasteiger partial charge in [-0.05, 0) is 33.4 Å². The summed E-state index contributed by atoms with van der Waals surface area (Å²) in [7, 11) is 0. The first-order valence-electron chi connectivity index (χ1n) is 10.0. The van der Waals surface area contributed by atoms with Crippen molar-refractivity contribution in [2.24, 2.45) is 0 Å². The summed E-state index contributed by atoms with van der Waals surface area (Å²) in [4.78, 5) is 26.1. The number of benzene rings is 3. The predicted molar refractivity (Wildman–Crippen MR) is 112 cm³/mol. The Kier molecular flexibility index (Phi) is 4.51. The molecule has 2 aliphatic rings. The highest BCUT2D eigenvalue weighted by Crippen LogP contribution is 2.44. The van der Waals surface area contributed by atoms with Crippen molar-refractivity contribution in [3.63, 3.8) is 0 Å². The standard InChI is InChI=1S/C25H21NO4/c27-24(28)22-14-26(13-16-7-1-2-8-17(16)22)25(29)30-15-23-20-11-5-3-9-18(20)19-10-4-6-12-21(19)23/h1-12,22-23H,13-15H2,(H,27,28)/t22-/m0/s1. The lowest BCUT2D eigenvalue weighted by atomic mass is 9.90. The quantitative estimate of drug-likeness (QED) is 0.698. The molecule has 5 nitrogen and oxygen atoms in total. The topological polar surface area (TPSA) is 66.8 Å². The van der Waals surface area contributed by atoms with Gasteiger partial charge >= 0.3 is 12.1 Å². The molecule has 1 aliphatic carbocycles. The predicted octanol–water partition coefficient (Wildman–Crippen LogP) is 4.62. The summed E-state index contributed by atoms with van der Waals surface area (Å²) in [6.07, 6.45) is -0.474. The Labute approximate surface area is 174 Å². The van der Waals surface area contributed by atoms with Crippen LogP contribution in [0, 0.1) is 0 Å². The molecule has 3 aromatic rings. The molecule has 1 aliphatic heterocycles. The Hall–Kier alpha value is -3.60. The van der Waals surface area contributed by atoms with Crippen molar-refractivity contribution in [3.8, 4) is 11.1 Å². The number of carbonyl (C=O) groups is 2. The van der Waals surface area contributed by atoms with Gasteiger partial charge in [0.2, 0.25) is 0 Å². The van der Waals surface area contributed by atoms with Gasteiger partial charge in [0.1, 0.15) is 6.61 Å². The van der Waals surface area contributed by atoms with E-state index in [2.05, 4.69) is 24.3 Å². The molecule has 1 N–H and O–H groups in total. The van der Waals surface area contributed by atoms with E-state index in [1.165, 1.54) is 16.0 Å². The van der Waals surface area contributed by atoms with Crippen molar-refractivity contribution in [1.29, 1.82) is 0 Å². The fourth-order valence-corrected chi connectivity index (χ4v) is 4.64. The lowest BCUT2D eigenvalue weighted by Crippen LogP contribution is -2.41. The molecule has 0 radical (unpaired) electrons. The lowest BCUT2D eigenvalue weighted by Gasteiger charge is -2.32. The summed E-state index contributed by atoms with van der Waals surface area (Å²) in [6.45, 7) is 0.697. The molecule has 5 heteroatoms. The van der Waals surface area contributed by atoms with Gasteiger partial charge in [0.05, 0.1) is 5.92 Å². The Morgan fingerprint density at radius 2 is 1.43 bits per heavy atom. The van der Waals surface area contributed by atoms with Crippen molar-refractivity contribution in [2.45, 2.75) is 18.4 Å². The molecule has 0 saturated carbocycles. The summed E-state index contributed by atoms with van der Waals surface area (Å²) in [6, 6.07) is 23.7. The zero-order valence-corrected chi connectivity index (χ0v) is 16.3. The van der Waals surface area contributed by atoms with Crippen LogP contribution in [-0.2, 0) is 16.1 Å². The number of fused-ring (bicyclic) bond motifs is 4. The van der Waals surface area contributed by atoms with Crippen LogP contribution < -0.4 is 0 Å². The molecular weight excluding hydrogens is 378 g/mol. The first-order valence-corrected chi connectivity index (χ1v) is 10.0. The second kappa shape index (κ2) is 7.34. The van der Waals surface area contributed by atoms with Crippen molar-refractivity contribution < 1.29 is 19.4 Å². The smallest absolute Gasteiger partial charge is 0.410 e. The van der Waals surface area contributed by atoms with E-state index in [4.69, 9.17) is 4.74 Å². The molecular formula is C25H21NO4. The number of rotatable bonds is 3. The van der Waals surface area contributed by atoms with E-state index in [1.54, 1.807) is 0 Å². The molecule has 0 aromatic heterocycles. The number of nitrogens with zero attached hydrogens (tertiary/aromatic N) is 1. The van der Waals surface area contributed by atoms with Gasteiger partial charge in [0.15, 0.2) is 0 Å². The molecule has 0 bridgehead atoms. The third kappa shape index (κ3) is 3.03. The van der Waals surface area contributed by atoms with E-state index in [9.17, 15) is 14.7 Å². The first kappa shape index (κ1) is 18.4. The van der Waals surface area contributed by atoms with Crippen LogP contribution in [0.3, 0.4) is 0 Å². The molecule has 1 amide bonds. The van der Waals surface area contributed by atoms with Gasteiger partial charge < -0.3 is 14.7 Å². The van der Waals surface area contributed by atoms with Crippen LogP contribution in [-0.4, -0.2) is 35.2 Å². The van der Waals surface area contributed by atoms with Gasteiger partial charge in [-0.2, -0.15) is 0 Å². The van der Waals surface area contributed by atoms with Gasteiger partial charge in [-0.15, -0.1) is 0 Å². The maximum Gasteiger partial charge on any atom is 0.410 e. The van der Waals surface area contributed by atoms with Crippen LogP contribution in [0.2, 0.25) is 0 Å². The second-order valence-electron chi connectivity index (χ2n) is 7.77. The highest BCUT2D eigenvalue weighted by atomic mass is 16.6. The van der Waals surface area contributed by atoms with Crippen LogP contribution in [0.5, 0.6) is 0 Å². The molecule has 1 heterocycles. The van der Waals surface area contributed by atoms with Gasteiger partial charge in [-0.3, -0.25) is 4.79 Å². The summed E-state index contributed by atoms with van der Waals surface area (Å²) < 4.78 is 5.72. The number of hydrogen-bond donors (Lipinski definition) is 1. The summed E-state index contributed by atoms with van der Waals surface area (Å²) in [5, 5.41) is 9.63. The van der Waals surface area contributed by atoms with Crippen molar-refractivity contribution >= 4 is 12.1 Å². The summed E-state index contributed by atoms with van der Waals surface area (Å²) in [5.74, 6) is -1.69. The minimum atomic E-state index is -0.932. The molecule has 150 valence electrons. The minimum Gasteiger partial charge on any atom is -0.481 e. The van der Waals surface area contributed by atoms with E-state index >= 15 is 0 Å². The Morgan fingerprint density at radius 3 is 2.07 bits per heavy atom. The number of carbonyl (C=O) groups excluding carboxylic acids is 1. The maximum absolute atomic E-state index is 12.9. The Balaban J connectivity index is 1.35. The molecule has 0 fully saturated rings. The fourth-order valence-electron chi connectivity index (χ4n) is 4.64. The van der Waals surface area contributed by atoms with E-state index in [-0.39, 0.29) is 19.1 Å². The number of aliphatic carboxylic acids is 1. The molecule has 5 rings (SSSR count). The SMILES string of the molecule is O=C(O)[C@H]1CN(C(=O)OCC2c3ccccc3-c3ccccc32)Cc2ccccc21. The van der Waals surface area contributed by atoms with Crippen LogP contribution in [0.15, 0.2) is 72.8 Å². The van der Waals surface area contributed by atoms with Crippen molar-refractivity contribution in [1.82, 2.24) is 4.90 Å². The van der Waals surface area contributed by atoms with Gasteiger partial charge in [-0.1, -0.05) is 72.8 Å². The molecule has 1 atom stereocenters. The van der Waals surface area contributed by atoms with Crippen LogP contribution in [0.4, 0.5) is 4.79 Å². The molecule has 0 spiro atoms. The molecule has 0 saturated heterocycles. The van der Waals surface area contributed by atoms with Crippen LogP contribution in [0.1, 0.15) is 34.1 Å². The maximum atomic E-state index is 12.9. The zero-order chi connectivity index (χ0) is 20.7. The highest BCUT2D eigenvalue weighted by molar-refractivity contribution is 5.80. The summed E-state index contributed by atoms with van der Waals surface area (Å²) >= 11 is 0. The van der Waals surface area contributed by atoms with E-state index in [0.717, 1.165) is 22.3 Å². The first-order chi connectivity index (χ1) is 14.6. The largest absolute Gasteiger partial charge is 0.481 e.